The van der Waals surface area contributed by atoms with Crippen LogP contribution >= 0.6 is 23.2 Å². The van der Waals surface area contributed by atoms with Gasteiger partial charge < -0.3 is 4.57 Å². The highest BCUT2D eigenvalue weighted by Gasteiger charge is 2.21. The normalized spacial score (nSPS) is 11.7. The van der Waals surface area contributed by atoms with Crippen LogP contribution in [0.2, 0.25) is 10.0 Å². The van der Waals surface area contributed by atoms with Crippen LogP contribution in [0, 0.1) is 0 Å². The van der Waals surface area contributed by atoms with E-state index in [9.17, 15) is 4.79 Å². The van der Waals surface area contributed by atoms with E-state index in [4.69, 9.17) is 23.2 Å². The number of imidazole rings is 1. The van der Waals surface area contributed by atoms with E-state index in [1.165, 1.54) is 4.40 Å². The number of benzene rings is 1. The van der Waals surface area contributed by atoms with Crippen molar-refractivity contribution in [1.29, 1.82) is 0 Å². The third-order valence-electron chi connectivity index (χ3n) is 4.09. The maximum Gasteiger partial charge on any atom is 0.337 e. The second kappa shape index (κ2) is 5.86. The van der Waals surface area contributed by atoms with Crippen LogP contribution < -0.4 is 5.69 Å². The van der Waals surface area contributed by atoms with Crippen LogP contribution in [0.3, 0.4) is 0 Å². The van der Waals surface area contributed by atoms with Gasteiger partial charge in [0.05, 0.1) is 11.3 Å². The largest absolute Gasteiger partial charge is 0.337 e. The summed E-state index contributed by atoms with van der Waals surface area (Å²) >= 11 is 12.4. The molecule has 0 aliphatic carbocycles. The van der Waals surface area contributed by atoms with Crippen LogP contribution in [-0.2, 0) is 13.6 Å². The second-order valence-electron chi connectivity index (χ2n) is 5.77. The molecule has 7 nitrogen and oxygen atoms in total. The minimum Gasteiger partial charge on any atom is -0.329 e. The maximum atomic E-state index is 13.1. The van der Waals surface area contributed by atoms with Crippen LogP contribution in [-0.4, -0.2) is 28.7 Å². The van der Waals surface area contributed by atoms with Gasteiger partial charge in [0, 0.05) is 24.2 Å². The van der Waals surface area contributed by atoms with Crippen molar-refractivity contribution in [3.63, 3.8) is 0 Å². The molecule has 3 aromatic heterocycles. The third-order valence-corrected chi connectivity index (χ3v) is 4.65. The number of halogens is 2. The molecule has 0 unspecified atom stereocenters. The molecule has 0 aliphatic heterocycles. The SMILES string of the molecule is CCCn1c(=O)n2c(-c3cc(Cl)ccc3Cl)nnc2c2c1ncn2C. The van der Waals surface area contributed by atoms with E-state index in [1.54, 1.807) is 29.1 Å². The molecule has 0 amide bonds. The van der Waals surface area contributed by atoms with Gasteiger partial charge in [-0.15, -0.1) is 10.2 Å². The van der Waals surface area contributed by atoms with Crippen molar-refractivity contribution in [3.05, 3.63) is 45.1 Å². The molecule has 4 aromatic rings. The fourth-order valence-corrected chi connectivity index (χ4v) is 3.35. The van der Waals surface area contributed by atoms with Gasteiger partial charge >= 0.3 is 5.69 Å². The summed E-state index contributed by atoms with van der Waals surface area (Å²) < 4.78 is 4.93. The molecule has 0 N–H and O–H groups in total. The number of aromatic nitrogens is 6. The first-order valence-corrected chi connectivity index (χ1v) is 8.53. The van der Waals surface area contributed by atoms with Gasteiger partial charge in [0.2, 0.25) is 0 Å². The van der Waals surface area contributed by atoms with Crippen molar-refractivity contribution < 1.29 is 0 Å². The van der Waals surface area contributed by atoms with E-state index >= 15 is 0 Å². The predicted molar refractivity (Wildman–Crippen MR) is 97.3 cm³/mol. The molecular formula is C16H14Cl2N6O. The first-order valence-electron chi connectivity index (χ1n) is 7.77. The number of fused-ring (bicyclic) bond motifs is 3. The summed E-state index contributed by atoms with van der Waals surface area (Å²) in [6, 6.07) is 5.04. The zero-order chi connectivity index (χ0) is 17.7. The summed E-state index contributed by atoms with van der Waals surface area (Å²) in [5, 5.41) is 9.40. The van der Waals surface area contributed by atoms with E-state index in [2.05, 4.69) is 15.2 Å². The average Bonchev–Trinajstić information content (AvgIpc) is 3.17. The predicted octanol–water partition coefficient (Wildman–Crippen LogP) is 3.16. The summed E-state index contributed by atoms with van der Waals surface area (Å²) in [4.78, 5) is 17.5. The van der Waals surface area contributed by atoms with Crippen molar-refractivity contribution in [2.75, 3.05) is 0 Å². The Kier molecular flexibility index (Phi) is 3.77. The number of hydrogen-bond acceptors (Lipinski definition) is 4. The van der Waals surface area contributed by atoms with Gasteiger partial charge in [-0.1, -0.05) is 30.1 Å². The van der Waals surface area contributed by atoms with Crippen molar-refractivity contribution in [1.82, 2.24) is 28.7 Å². The summed E-state index contributed by atoms with van der Waals surface area (Å²) in [6.45, 7) is 2.55. The van der Waals surface area contributed by atoms with Crippen molar-refractivity contribution in [2.24, 2.45) is 7.05 Å². The average molecular weight is 377 g/mol. The lowest BCUT2D eigenvalue weighted by molar-refractivity contribution is 0.648. The monoisotopic (exact) mass is 376 g/mol. The van der Waals surface area contributed by atoms with Crippen LogP contribution in [0.25, 0.3) is 28.2 Å². The van der Waals surface area contributed by atoms with Crippen molar-refractivity contribution in [3.8, 4) is 11.4 Å². The zero-order valence-corrected chi connectivity index (χ0v) is 15.1. The standard InChI is InChI=1S/C16H14Cl2N6O/c1-3-6-23-14-12(22(2)8-19-14)15-21-20-13(24(15)16(23)25)10-7-9(17)4-5-11(10)18/h4-5,7-8H,3,6H2,1-2H3. The van der Waals surface area contributed by atoms with Gasteiger partial charge in [0.15, 0.2) is 17.1 Å². The number of nitrogens with zero attached hydrogens (tertiary/aromatic N) is 6. The highest BCUT2D eigenvalue weighted by molar-refractivity contribution is 6.35. The molecule has 25 heavy (non-hydrogen) atoms. The van der Waals surface area contributed by atoms with E-state index in [-0.39, 0.29) is 5.69 Å². The Bertz CT molecular complexity index is 1170. The summed E-state index contributed by atoms with van der Waals surface area (Å²) in [6.07, 6.45) is 2.46. The number of aryl methyl sites for hydroxylation is 2. The molecule has 0 saturated carbocycles. The molecule has 0 radical (unpaired) electrons. The van der Waals surface area contributed by atoms with Crippen LogP contribution in [0.5, 0.6) is 0 Å². The van der Waals surface area contributed by atoms with Crippen LogP contribution in [0.4, 0.5) is 0 Å². The molecule has 4 rings (SSSR count). The minimum absolute atomic E-state index is 0.251. The molecule has 0 aliphatic rings. The van der Waals surface area contributed by atoms with Gasteiger partial charge in [-0.3, -0.25) is 4.57 Å². The van der Waals surface area contributed by atoms with E-state index in [1.807, 2.05) is 18.5 Å². The molecule has 9 heteroatoms. The molecule has 128 valence electrons. The Morgan fingerprint density at radius 1 is 1.16 bits per heavy atom. The van der Waals surface area contributed by atoms with Crippen LogP contribution in [0.1, 0.15) is 13.3 Å². The minimum atomic E-state index is -0.251. The zero-order valence-electron chi connectivity index (χ0n) is 13.6. The van der Waals surface area contributed by atoms with E-state index in [0.717, 1.165) is 11.9 Å². The topological polar surface area (TPSA) is 70.0 Å². The Balaban J connectivity index is 2.17. The smallest absolute Gasteiger partial charge is 0.329 e. The molecule has 0 atom stereocenters. The first kappa shape index (κ1) is 16.1. The summed E-state index contributed by atoms with van der Waals surface area (Å²) in [5.74, 6) is 0.362. The van der Waals surface area contributed by atoms with Gasteiger partial charge in [0.25, 0.3) is 0 Å². The highest BCUT2D eigenvalue weighted by Crippen LogP contribution is 2.30. The van der Waals surface area contributed by atoms with Crippen molar-refractivity contribution in [2.45, 2.75) is 19.9 Å². The molecular weight excluding hydrogens is 363 g/mol. The van der Waals surface area contributed by atoms with E-state index < -0.39 is 0 Å². The van der Waals surface area contributed by atoms with E-state index in [0.29, 0.717) is 39.3 Å². The van der Waals surface area contributed by atoms with Gasteiger partial charge in [-0.2, -0.15) is 0 Å². The fourth-order valence-electron chi connectivity index (χ4n) is 2.97. The molecule has 0 saturated heterocycles. The molecule has 0 spiro atoms. The van der Waals surface area contributed by atoms with Crippen LogP contribution in [0.15, 0.2) is 29.3 Å². The Morgan fingerprint density at radius 3 is 2.72 bits per heavy atom. The van der Waals surface area contributed by atoms with Gasteiger partial charge in [-0.25, -0.2) is 14.2 Å². The van der Waals surface area contributed by atoms with Gasteiger partial charge in [0.1, 0.15) is 5.52 Å². The maximum absolute atomic E-state index is 13.1. The van der Waals surface area contributed by atoms with Gasteiger partial charge in [-0.05, 0) is 24.6 Å². The Labute approximate surface area is 152 Å². The quantitative estimate of drug-likeness (QED) is 0.550. The molecule has 1 aromatic carbocycles. The van der Waals surface area contributed by atoms with Crippen molar-refractivity contribution >= 4 is 40.0 Å². The third kappa shape index (κ3) is 2.34. The molecule has 0 bridgehead atoms. The number of hydrogen-bond donors (Lipinski definition) is 0. The lowest BCUT2D eigenvalue weighted by Gasteiger charge is -2.09. The lowest BCUT2D eigenvalue weighted by atomic mass is 10.2. The first-order chi connectivity index (χ1) is 12.0. The highest BCUT2D eigenvalue weighted by atomic mass is 35.5. The number of rotatable bonds is 3. The fraction of sp³-hybridized carbons (Fsp3) is 0.250. The Morgan fingerprint density at radius 2 is 1.96 bits per heavy atom. The molecule has 0 fully saturated rings. The molecule has 3 heterocycles. The summed E-state index contributed by atoms with van der Waals surface area (Å²) in [5.41, 5.74) is 2.09. The Hall–Kier alpha value is -2.38. The summed E-state index contributed by atoms with van der Waals surface area (Å²) in [7, 11) is 1.86. The second-order valence-corrected chi connectivity index (χ2v) is 6.61. The lowest BCUT2D eigenvalue weighted by Crippen LogP contribution is -2.28.